The second kappa shape index (κ2) is 7.69. The third-order valence-corrected chi connectivity index (χ3v) is 4.67. The Morgan fingerprint density at radius 2 is 1.77 bits per heavy atom. The molecule has 0 spiro atoms. The van der Waals surface area contributed by atoms with E-state index in [-0.39, 0.29) is 0 Å². The second-order valence-corrected chi connectivity index (χ2v) is 6.07. The molecule has 0 radical (unpaired) electrons. The summed E-state index contributed by atoms with van der Waals surface area (Å²) in [6.45, 7) is 3.15. The lowest BCUT2D eigenvalue weighted by atomic mass is 9.86. The number of anilines is 1. The number of rotatable bonds is 5. The van der Waals surface area contributed by atoms with E-state index in [2.05, 4.69) is 10.8 Å². The maximum atomic E-state index is 11.2. The molecule has 1 N–H and O–H groups in total. The standard InChI is InChI=1S/C21H23NO4/c1-4-21(23,19-10-9-18(24-2)15-20(19)25-3)16-5-7-17(8-6-16)22-11-13-26-14-12-22/h1,5-10,15,23H,11-14H2,2-3H3/t21-/m1/s1. The van der Waals surface area contributed by atoms with Gasteiger partial charge in [-0.3, -0.25) is 0 Å². The van der Waals surface area contributed by atoms with E-state index in [9.17, 15) is 5.11 Å². The van der Waals surface area contributed by atoms with Gasteiger partial charge in [0.15, 0.2) is 5.60 Å². The number of ether oxygens (including phenoxy) is 3. The molecule has 1 aliphatic rings. The minimum atomic E-state index is -1.60. The lowest BCUT2D eigenvalue weighted by Gasteiger charge is -2.30. The molecule has 0 bridgehead atoms. The van der Waals surface area contributed by atoms with E-state index < -0.39 is 5.60 Å². The Balaban J connectivity index is 1.96. The first-order valence-electron chi connectivity index (χ1n) is 8.48. The van der Waals surface area contributed by atoms with Crippen LogP contribution in [0.2, 0.25) is 0 Å². The van der Waals surface area contributed by atoms with Crippen molar-refractivity contribution in [3.8, 4) is 23.8 Å². The van der Waals surface area contributed by atoms with E-state index in [0.29, 0.717) is 22.6 Å². The average Bonchev–Trinajstić information content (AvgIpc) is 2.73. The van der Waals surface area contributed by atoms with Gasteiger partial charge in [0.25, 0.3) is 0 Å². The molecule has 0 saturated carbocycles. The molecule has 26 heavy (non-hydrogen) atoms. The van der Waals surface area contributed by atoms with Gasteiger partial charge in [-0.25, -0.2) is 0 Å². The highest BCUT2D eigenvalue weighted by Crippen LogP contribution is 2.38. The summed E-state index contributed by atoms with van der Waals surface area (Å²) < 4.78 is 16.0. The van der Waals surface area contributed by atoms with Gasteiger partial charge in [0, 0.05) is 36.0 Å². The predicted molar refractivity (Wildman–Crippen MR) is 101 cm³/mol. The molecule has 5 heteroatoms. The van der Waals surface area contributed by atoms with Gasteiger partial charge in [-0.05, 0) is 24.3 Å². The molecular weight excluding hydrogens is 330 g/mol. The number of methoxy groups -OCH3 is 2. The lowest BCUT2D eigenvalue weighted by Crippen LogP contribution is -2.36. The van der Waals surface area contributed by atoms with Gasteiger partial charge in [-0.2, -0.15) is 0 Å². The summed E-state index contributed by atoms with van der Waals surface area (Å²) in [5, 5.41) is 11.2. The highest BCUT2D eigenvalue weighted by molar-refractivity contribution is 5.56. The SMILES string of the molecule is C#C[C@@](O)(c1ccc(N2CCOCC2)cc1)c1ccc(OC)cc1OC. The van der Waals surface area contributed by atoms with E-state index >= 15 is 0 Å². The van der Waals surface area contributed by atoms with Crippen molar-refractivity contribution in [3.05, 3.63) is 53.6 Å². The van der Waals surface area contributed by atoms with Crippen LogP contribution in [0.25, 0.3) is 0 Å². The summed E-state index contributed by atoms with van der Waals surface area (Å²) in [5.74, 6) is 3.63. The Morgan fingerprint density at radius 1 is 1.08 bits per heavy atom. The van der Waals surface area contributed by atoms with Crippen molar-refractivity contribution in [2.24, 2.45) is 0 Å². The van der Waals surface area contributed by atoms with Crippen LogP contribution in [-0.2, 0) is 10.3 Å². The zero-order valence-corrected chi connectivity index (χ0v) is 15.1. The first-order valence-corrected chi connectivity index (χ1v) is 8.48. The highest BCUT2D eigenvalue weighted by atomic mass is 16.5. The van der Waals surface area contributed by atoms with Gasteiger partial charge in [0.05, 0.1) is 27.4 Å². The Kier molecular flexibility index (Phi) is 5.36. The summed E-state index contributed by atoms with van der Waals surface area (Å²) in [6.07, 6.45) is 5.73. The van der Waals surface area contributed by atoms with Crippen LogP contribution in [0.4, 0.5) is 5.69 Å². The molecule has 1 atom stereocenters. The van der Waals surface area contributed by atoms with Crippen molar-refractivity contribution in [3.63, 3.8) is 0 Å². The quantitative estimate of drug-likeness (QED) is 0.837. The fourth-order valence-corrected chi connectivity index (χ4v) is 3.15. The number of terminal acetylenes is 1. The van der Waals surface area contributed by atoms with Crippen molar-refractivity contribution >= 4 is 5.69 Å². The Hall–Kier alpha value is -2.68. The van der Waals surface area contributed by atoms with Crippen molar-refractivity contribution in [1.29, 1.82) is 0 Å². The van der Waals surface area contributed by atoms with Crippen LogP contribution in [0.15, 0.2) is 42.5 Å². The number of aliphatic hydroxyl groups is 1. The maximum Gasteiger partial charge on any atom is 0.180 e. The molecule has 1 saturated heterocycles. The normalized spacial score (nSPS) is 16.5. The zero-order valence-electron chi connectivity index (χ0n) is 15.1. The van der Waals surface area contributed by atoms with Crippen molar-refractivity contribution in [1.82, 2.24) is 0 Å². The summed E-state index contributed by atoms with van der Waals surface area (Å²) >= 11 is 0. The van der Waals surface area contributed by atoms with E-state index in [4.69, 9.17) is 20.6 Å². The topological polar surface area (TPSA) is 51.2 Å². The molecule has 136 valence electrons. The van der Waals surface area contributed by atoms with Crippen molar-refractivity contribution in [2.45, 2.75) is 5.60 Å². The summed E-state index contributed by atoms with van der Waals surface area (Å²) in [5.41, 5.74) is 0.599. The molecule has 1 heterocycles. The number of benzene rings is 2. The van der Waals surface area contributed by atoms with Crippen molar-refractivity contribution in [2.75, 3.05) is 45.4 Å². The van der Waals surface area contributed by atoms with Gasteiger partial charge in [0.1, 0.15) is 11.5 Å². The first-order chi connectivity index (χ1) is 12.6. The second-order valence-electron chi connectivity index (χ2n) is 6.07. The number of hydrogen-bond acceptors (Lipinski definition) is 5. The third kappa shape index (κ3) is 3.34. The monoisotopic (exact) mass is 353 g/mol. The molecule has 2 aromatic carbocycles. The number of nitrogens with zero attached hydrogens (tertiary/aromatic N) is 1. The third-order valence-electron chi connectivity index (χ3n) is 4.67. The summed E-state index contributed by atoms with van der Waals surface area (Å²) in [7, 11) is 3.11. The predicted octanol–water partition coefficient (Wildman–Crippen LogP) is 2.41. The molecular formula is C21H23NO4. The van der Waals surface area contributed by atoms with E-state index in [1.165, 1.54) is 7.11 Å². The molecule has 1 fully saturated rings. The fourth-order valence-electron chi connectivity index (χ4n) is 3.15. The van der Waals surface area contributed by atoms with Crippen LogP contribution in [0.5, 0.6) is 11.5 Å². The minimum absolute atomic E-state index is 0.474. The molecule has 0 aromatic heterocycles. The summed E-state index contributed by atoms with van der Waals surface area (Å²) in [6, 6.07) is 12.8. The van der Waals surface area contributed by atoms with Gasteiger partial charge < -0.3 is 24.2 Å². The number of hydrogen-bond donors (Lipinski definition) is 1. The lowest BCUT2D eigenvalue weighted by molar-refractivity contribution is 0.122. The van der Waals surface area contributed by atoms with Crippen LogP contribution >= 0.6 is 0 Å². The molecule has 3 rings (SSSR count). The van der Waals surface area contributed by atoms with Crippen LogP contribution in [0.3, 0.4) is 0 Å². The molecule has 5 nitrogen and oxygen atoms in total. The molecule has 2 aromatic rings. The highest BCUT2D eigenvalue weighted by Gasteiger charge is 2.33. The van der Waals surface area contributed by atoms with Gasteiger partial charge >= 0.3 is 0 Å². The van der Waals surface area contributed by atoms with E-state index in [0.717, 1.165) is 32.0 Å². The molecule has 0 amide bonds. The van der Waals surface area contributed by atoms with Crippen LogP contribution < -0.4 is 14.4 Å². The van der Waals surface area contributed by atoms with Crippen LogP contribution in [-0.4, -0.2) is 45.6 Å². The Morgan fingerprint density at radius 3 is 2.35 bits per heavy atom. The van der Waals surface area contributed by atoms with Gasteiger partial charge in [-0.15, -0.1) is 6.42 Å². The zero-order chi connectivity index (χ0) is 18.6. The van der Waals surface area contributed by atoms with E-state index in [1.807, 2.05) is 24.3 Å². The van der Waals surface area contributed by atoms with Gasteiger partial charge in [-0.1, -0.05) is 18.1 Å². The Bertz CT molecular complexity index is 791. The minimum Gasteiger partial charge on any atom is -0.497 e. The largest absolute Gasteiger partial charge is 0.497 e. The molecule has 0 aliphatic carbocycles. The Labute approximate surface area is 154 Å². The molecule has 1 aliphatic heterocycles. The van der Waals surface area contributed by atoms with E-state index in [1.54, 1.807) is 25.3 Å². The van der Waals surface area contributed by atoms with Crippen LogP contribution in [0.1, 0.15) is 11.1 Å². The summed E-state index contributed by atoms with van der Waals surface area (Å²) in [4.78, 5) is 2.25. The average molecular weight is 353 g/mol. The number of morpholine rings is 1. The van der Waals surface area contributed by atoms with Crippen molar-refractivity contribution < 1.29 is 19.3 Å². The fraction of sp³-hybridized carbons (Fsp3) is 0.333. The molecule has 0 unspecified atom stereocenters. The first kappa shape index (κ1) is 18.1. The maximum absolute atomic E-state index is 11.2. The van der Waals surface area contributed by atoms with Gasteiger partial charge in [0.2, 0.25) is 0 Å². The van der Waals surface area contributed by atoms with Crippen LogP contribution in [0, 0.1) is 12.3 Å². The smallest absolute Gasteiger partial charge is 0.180 e.